The summed E-state index contributed by atoms with van der Waals surface area (Å²) in [6.45, 7) is 0. The van der Waals surface area contributed by atoms with Crippen LogP contribution in [0, 0.1) is 17.8 Å². The van der Waals surface area contributed by atoms with Gasteiger partial charge in [0.15, 0.2) is 0 Å². The number of hydrogen-bond acceptors (Lipinski definition) is 2. The van der Waals surface area contributed by atoms with Crippen molar-refractivity contribution >= 4 is 5.97 Å². The maximum absolute atomic E-state index is 10.9. The van der Waals surface area contributed by atoms with Crippen LogP contribution in [0.25, 0.3) is 0 Å². The van der Waals surface area contributed by atoms with Crippen molar-refractivity contribution in [1.29, 1.82) is 0 Å². The summed E-state index contributed by atoms with van der Waals surface area (Å²) in [5.41, 5.74) is 0. The van der Waals surface area contributed by atoms with E-state index in [4.69, 9.17) is 5.11 Å². The number of rotatable bonds is 2. The topological polar surface area (TPSA) is 49.3 Å². The largest absolute Gasteiger partial charge is 0.481 e. The summed E-state index contributed by atoms with van der Waals surface area (Å²) in [6.07, 6.45) is 4.25. The van der Waals surface area contributed by atoms with Gasteiger partial charge in [-0.1, -0.05) is 0 Å². The molecule has 74 valence electrons. The predicted octanol–water partition coefficient (Wildman–Crippen LogP) is 1.10. The van der Waals surface area contributed by atoms with Crippen LogP contribution in [-0.2, 0) is 4.79 Å². The maximum Gasteiger partial charge on any atom is 0.306 e. The van der Waals surface area contributed by atoms with Gasteiger partial charge in [0.1, 0.15) is 0 Å². The molecule has 0 aromatic heterocycles. The molecule has 2 fully saturated rings. The van der Waals surface area contributed by atoms with Crippen molar-refractivity contribution in [2.24, 2.45) is 17.8 Å². The van der Waals surface area contributed by atoms with Crippen molar-refractivity contribution in [3.63, 3.8) is 0 Å². The lowest BCUT2D eigenvalue weighted by molar-refractivity contribution is -0.149. The third-order valence-corrected chi connectivity index (χ3v) is 3.89. The molecule has 4 unspecified atom stereocenters. The van der Waals surface area contributed by atoms with E-state index in [2.05, 4.69) is 5.32 Å². The molecule has 2 aliphatic carbocycles. The SMILES string of the molecule is CNC1CCC(C(=O)O)C2CCC12. The molecule has 0 heterocycles. The molecule has 3 nitrogen and oxygen atoms in total. The first-order chi connectivity index (χ1) is 6.24. The molecular formula is C10H17NO2. The lowest BCUT2D eigenvalue weighted by Crippen LogP contribution is -2.51. The van der Waals surface area contributed by atoms with Gasteiger partial charge in [-0.2, -0.15) is 0 Å². The number of nitrogens with one attached hydrogen (secondary N) is 1. The van der Waals surface area contributed by atoms with E-state index in [1.54, 1.807) is 0 Å². The molecule has 0 radical (unpaired) electrons. The molecule has 3 heteroatoms. The summed E-state index contributed by atoms with van der Waals surface area (Å²) in [5, 5.41) is 12.3. The Bertz CT molecular complexity index is 217. The van der Waals surface area contributed by atoms with Gasteiger partial charge in [0.25, 0.3) is 0 Å². The summed E-state index contributed by atoms with van der Waals surface area (Å²) in [4.78, 5) is 10.9. The van der Waals surface area contributed by atoms with Crippen LogP contribution in [0.15, 0.2) is 0 Å². The van der Waals surface area contributed by atoms with Crippen LogP contribution in [-0.4, -0.2) is 24.2 Å². The average Bonchev–Trinajstić information content (AvgIpc) is 2.05. The summed E-state index contributed by atoms with van der Waals surface area (Å²) in [7, 11) is 1.99. The Morgan fingerprint density at radius 3 is 2.38 bits per heavy atom. The highest BCUT2D eigenvalue weighted by Crippen LogP contribution is 2.48. The number of hydrogen-bond donors (Lipinski definition) is 2. The average molecular weight is 183 g/mol. The summed E-state index contributed by atoms with van der Waals surface area (Å²) >= 11 is 0. The minimum atomic E-state index is -0.579. The Kier molecular flexibility index (Phi) is 2.28. The van der Waals surface area contributed by atoms with Crippen molar-refractivity contribution < 1.29 is 9.90 Å². The Hall–Kier alpha value is -0.570. The molecule has 13 heavy (non-hydrogen) atoms. The van der Waals surface area contributed by atoms with E-state index in [9.17, 15) is 4.79 Å². The number of carboxylic acids is 1. The first-order valence-corrected chi connectivity index (χ1v) is 5.14. The Morgan fingerprint density at radius 1 is 1.23 bits per heavy atom. The second-order valence-electron chi connectivity index (χ2n) is 4.32. The Balaban J connectivity index is 2.03. The molecule has 0 bridgehead atoms. The van der Waals surface area contributed by atoms with Crippen LogP contribution in [0.5, 0.6) is 0 Å². The highest BCUT2D eigenvalue weighted by molar-refractivity contribution is 5.70. The van der Waals surface area contributed by atoms with Gasteiger partial charge in [-0.3, -0.25) is 4.79 Å². The standard InChI is InChI=1S/C10H17NO2/c1-11-9-5-4-8(10(12)13)6-2-3-7(6)9/h6-9,11H,2-5H2,1H3,(H,12,13). The van der Waals surface area contributed by atoms with Gasteiger partial charge in [-0.15, -0.1) is 0 Å². The summed E-state index contributed by atoms with van der Waals surface area (Å²) < 4.78 is 0. The smallest absolute Gasteiger partial charge is 0.306 e. The van der Waals surface area contributed by atoms with Gasteiger partial charge in [0.2, 0.25) is 0 Å². The molecule has 0 saturated heterocycles. The zero-order chi connectivity index (χ0) is 9.42. The van der Waals surface area contributed by atoms with Crippen LogP contribution in [0.2, 0.25) is 0 Å². The van der Waals surface area contributed by atoms with Crippen LogP contribution in [0.4, 0.5) is 0 Å². The number of fused-ring (bicyclic) bond motifs is 1. The van der Waals surface area contributed by atoms with E-state index in [1.165, 1.54) is 6.42 Å². The molecule has 2 N–H and O–H groups in total. The van der Waals surface area contributed by atoms with Gasteiger partial charge in [0, 0.05) is 6.04 Å². The van der Waals surface area contributed by atoms with Crippen LogP contribution >= 0.6 is 0 Å². The highest BCUT2D eigenvalue weighted by atomic mass is 16.4. The van der Waals surface area contributed by atoms with Crippen molar-refractivity contribution in [1.82, 2.24) is 5.32 Å². The van der Waals surface area contributed by atoms with E-state index < -0.39 is 5.97 Å². The van der Waals surface area contributed by atoms with Crippen molar-refractivity contribution in [3.8, 4) is 0 Å². The number of carbonyl (C=O) groups is 1. The molecule has 0 aromatic rings. The van der Waals surface area contributed by atoms with E-state index >= 15 is 0 Å². The van der Waals surface area contributed by atoms with Crippen molar-refractivity contribution in [2.75, 3.05) is 7.05 Å². The van der Waals surface area contributed by atoms with E-state index in [-0.39, 0.29) is 5.92 Å². The molecule has 2 rings (SSSR count). The minimum Gasteiger partial charge on any atom is -0.481 e. The second-order valence-corrected chi connectivity index (χ2v) is 4.32. The molecule has 0 aromatic carbocycles. The Labute approximate surface area is 78.5 Å². The molecule has 0 spiro atoms. The molecular weight excluding hydrogens is 166 g/mol. The highest BCUT2D eigenvalue weighted by Gasteiger charge is 2.46. The fraction of sp³-hybridized carbons (Fsp3) is 0.900. The molecule has 0 aliphatic heterocycles. The zero-order valence-corrected chi connectivity index (χ0v) is 7.99. The fourth-order valence-electron chi connectivity index (χ4n) is 3.00. The lowest BCUT2D eigenvalue weighted by Gasteiger charge is -2.48. The predicted molar refractivity (Wildman–Crippen MR) is 49.4 cm³/mol. The molecule has 2 saturated carbocycles. The van der Waals surface area contributed by atoms with Crippen LogP contribution in [0.3, 0.4) is 0 Å². The molecule has 2 aliphatic rings. The summed E-state index contributed by atoms with van der Waals surface area (Å²) in [5.74, 6) is 0.469. The van der Waals surface area contributed by atoms with Gasteiger partial charge >= 0.3 is 5.97 Å². The minimum absolute atomic E-state index is 0.0525. The van der Waals surface area contributed by atoms with Gasteiger partial charge in [0.05, 0.1) is 5.92 Å². The fourth-order valence-corrected chi connectivity index (χ4v) is 3.00. The van der Waals surface area contributed by atoms with Crippen LogP contribution in [0.1, 0.15) is 25.7 Å². The number of aliphatic carboxylic acids is 1. The number of carboxylic acid groups (broad SMARTS) is 1. The zero-order valence-electron chi connectivity index (χ0n) is 7.99. The third kappa shape index (κ3) is 1.35. The lowest BCUT2D eigenvalue weighted by atomic mass is 9.58. The maximum atomic E-state index is 10.9. The van der Waals surface area contributed by atoms with E-state index in [0.717, 1.165) is 19.3 Å². The Morgan fingerprint density at radius 2 is 1.92 bits per heavy atom. The van der Waals surface area contributed by atoms with Gasteiger partial charge in [-0.05, 0) is 44.6 Å². The molecule has 0 amide bonds. The van der Waals surface area contributed by atoms with E-state index in [0.29, 0.717) is 17.9 Å². The van der Waals surface area contributed by atoms with Crippen molar-refractivity contribution in [2.45, 2.75) is 31.7 Å². The quantitative estimate of drug-likeness (QED) is 0.674. The van der Waals surface area contributed by atoms with Gasteiger partial charge in [-0.25, -0.2) is 0 Å². The third-order valence-electron chi connectivity index (χ3n) is 3.89. The first-order valence-electron chi connectivity index (χ1n) is 5.14. The summed E-state index contributed by atoms with van der Waals surface area (Å²) in [6, 6.07) is 0.578. The first kappa shape index (κ1) is 9.00. The molecule has 4 atom stereocenters. The van der Waals surface area contributed by atoms with Crippen LogP contribution < -0.4 is 5.32 Å². The van der Waals surface area contributed by atoms with Gasteiger partial charge < -0.3 is 10.4 Å². The monoisotopic (exact) mass is 183 g/mol. The second kappa shape index (κ2) is 3.29. The normalized spacial score (nSPS) is 43.5. The van der Waals surface area contributed by atoms with Crippen molar-refractivity contribution in [3.05, 3.63) is 0 Å². The van der Waals surface area contributed by atoms with E-state index in [1.807, 2.05) is 7.05 Å².